The number of Topliss-reactive ketones (excluding diaryl/α,β-unsaturated/α-hetero) is 2. The molecule has 15 nitrogen and oxygen atoms in total. The van der Waals surface area contributed by atoms with E-state index in [1.54, 1.807) is 6.07 Å². The molecule has 0 radical (unpaired) electrons. The van der Waals surface area contributed by atoms with Gasteiger partial charge in [0.15, 0.2) is 18.2 Å². The van der Waals surface area contributed by atoms with Crippen molar-refractivity contribution in [3.8, 4) is 28.3 Å². The molecule has 83 heavy (non-hydrogen) atoms. The zero-order valence-electron chi connectivity index (χ0n) is 43.3. The van der Waals surface area contributed by atoms with E-state index in [2.05, 4.69) is 29.9 Å². The molecule has 3 aliphatic rings. The van der Waals surface area contributed by atoms with E-state index in [0.717, 1.165) is 102 Å². The van der Waals surface area contributed by atoms with Crippen LogP contribution in [0.5, 0.6) is 5.75 Å². The minimum absolute atomic E-state index is 0.0155. The lowest BCUT2D eigenvalue weighted by Crippen LogP contribution is -2.44. The van der Waals surface area contributed by atoms with Crippen molar-refractivity contribution >= 4 is 31.6 Å². The van der Waals surface area contributed by atoms with E-state index in [1.807, 2.05) is 6.07 Å². The number of carbonyl (C=O) groups excluding carboxylic acids is 2. The lowest BCUT2D eigenvalue weighted by Gasteiger charge is -2.27. The van der Waals surface area contributed by atoms with E-state index in [9.17, 15) is 83.5 Å². The van der Waals surface area contributed by atoms with Gasteiger partial charge in [0.05, 0.1) is 51.5 Å². The Morgan fingerprint density at radius 2 is 1.02 bits per heavy atom. The largest absolute Gasteiger partial charge is 0.482 e. The van der Waals surface area contributed by atoms with E-state index in [-0.39, 0.29) is 69.5 Å². The van der Waals surface area contributed by atoms with Crippen molar-refractivity contribution in [1.29, 1.82) is 0 Å². The summed E-state index contributed by atoms with van der Waals surface area (Å²) in [6.07, 6.45) is -12.6. The van der Waals surface area contributed by atoms with Crippen molar-refractivity contribution < 1.29 is 88.2 Å². The third-order valence-electron chi connectivity index (χ3n) is 13.8. The first-order valence-corrected chi connectivity index (χ1v) is 28.1. The van der Waals surface area contributed by atoms with Gasteiger partial charge in [0.2, 0.25) is 31.7 Å². The summed E-state index contributed by atoms with van der Waals surface area (Å²) < 4.78 is 231. The van der Waals surface area contributed by atoms with Crippen LogP contribution in [0.15, 0.2) is 108 Å². The maximum atomic E-state index is 14.7. The normalized spacial score (nSPS) is 20.9. The minimum Gasteiger partial charge on any atom is -0.482 e. The fourth-order valence-corrected chi connectivity index (χ4v) is 13.0. The van der Waals surface area contributed by atoms with Gasteiger partial charge in [0.1, 0.15) is 29.7 Å². The van der Waals surface area contributed by atoms with Crippen LogP contribution in [0, 0.1) is 11.6 Å². The third-order valence-corrected chi connectivity index (χ3v) is 17.8. The van der Waals surface area contributed by atoms with E-state index < -0.39 is 129 Å². The lowest BCUT2D eigenvalue weighted by atomic mass is 10.00. The fourth-order valence-electron chi connectivity index (χ4n) is 9.38. The van der Waals surface area contributed by atoms with Crippen LogP contribution >= 0.6 is 0 Å². The predicted octanol–water partition coefficient (Wildman–Crippen LogP) is 10.6. The Labute approximate surface area is 465 Å². The highest BCUT2D eigenvalue weighted by atomic mass is 32.2. The van der Waals surface area contributed by atoms with E-state index >= 15 is 0 Å². The average Bonchev–Trinajstić information content (AvgIpc) is 4.17. The van der Waals surface area contributed by atoms with Crippen molar-refractivity contribution in [2.24, 2.45) is 0 Å². The van der Waals surface area contributed by atoms with Crippen molar-refractivity contribution in [1.82, 2.24) is 38.5 Å². The van der Waals surface area contributed by atoms with Gasteiger partial charge in [-0.1, -0.05) is 0 Å². The monoisotopic (exact) mass is 1220 g/mol. The molecule has 1 saturated carbocycles. The zero-order valence-corrected chi connectivity index (χ0v) is 44.9. The molecular weight excluding hydrogens is 1170 g/mol. The van der Waals surface area contributed by atoms with Gasteiger partial charge in [-0.3, -0.25) is 19.6 Å². The second-order valence-electron chi connectivity index (χ2n) is 19.8. The van der Waals surface area contributed by atoms with Crippen LogP contribution in [0.2, 0.25) is 0 Å². The van der Waals surface area contributed by atoms with Crippen molar-refractivity contribution in [2.45, 2.75) is 136 Å². The van der Waals surface area contributed by atoms with Gasteiger partial charge < -0.3 is 4.74 Å². The van der Waals surface area contributed by atoms with Crippen LogP contribution in [-0.4, -0.2) is 116 Å². The molecular formula is C53H47F13N8O7S2. The van der Waals surface area contributed by atoms with Crippen LogP contribution in [0.4, 0.5) is 57.1 Å². The zero-order chi connectivity index (χ0) is 60.6. The van der Waals surface area contributed by atoms with Crippen LogP contribution in [0.25, 0.3) is 22.5 Å². The van der Waals surface area contributed by atoms with Crippen LogP contribution in [0.1, 0.15) is 86.8 Å². The molecule has 9 rings (SSSR count). The molecule has 30 heteroatoms. The number of benzene rings is 2. The van der Waals surface area contributed by atoms with Gasteiger partial charge in [-0.15, -0.1) is 0 Å². The quantitative estimate of drug-likeness (QED) is 0.0783. The summed E-state index contributed by atoms with van der Waals surface area (Å²) in [6.45, 7) is 0.942. The van der Waals surface area contributed by atoms with Crippen molar-refractivity contribution in [3.05, 3.63) is 138 Å². The molecule has 6 heterocycles. The highest BCUT2D eigenvalue weighted by Crippen LogP contribution is 2.41. The number of hydrogen-bond donors (Lipinski definition) is 0. The molecule has 2 saturated heterocycles. The number of halogens is 13. The number of pyridine rings is 2. The van der Waals surface area contributed by atoms with Gasteiger partial charge >= 0.3 is 18.5 Å². The number of nitrogens with zero attached hydrogens (tertiary/aromatic N) is 8. The topological polar surface area (TPSA) is 195 Å². The van der Waals surface area contributed by atoms with Gasteiger partial charge in [-0.2, -0.15) is 48.1 Å². The highest BCUT2D eigenvalue weighted by molar-refractivity contribution is 7.89. The average molecular weight is 1220 g/mol. The molecule has 0 unspecified atom stereocenters. The van der Waals surface area contributed by atoms with Crippen molar-refractivity contribution in [3.63, 3.8) is 0 Å². The van der Waals surface area contributed by atoms with E-state index in [1.165, 1.54) is 19.9 Å². The highest BCUT2D eigenvalue weighted by Gasteiger charge is 2.50. The van der Waals surface area contributed by atoms with E-state index in [4.69, 9.17) is 4.74 Å². The Morgan fingerprint density at radius 3 is 1.45 bits per heavy atom. The Kier molecular flexibility index (Phi) is 18.1. The lowest BCUT2D eigenvalue weighted by molar-refractivity contribution is -0.153. The smallest absolute Gasteiger partial charge is 0.451 e. The number of ether oxygens (including phenoxy) is 1. The molecule has 3 fully saturated rings. The summed E-state index contributed by atoms with van der Waals surface area (Å²) >= 11 is 0. The predicted molar refractivity (Wildman–Crippen MR) is 267 cm³/mol. The first kappa shape index (κ1) is 62.0. The number of aryl methyl sites for hydroxylation is 2. The molecule has 6 atom stereocenters. The third kappa shape index (κ3) is 14.7. The van der Waals surface area contributed by atoms with Gasteiger partial charge in [0, 0.05) is 73.2 Å². The number of hydrogen-bond acceptors (Lipinski definition) is 13. The molecule has 444 valence electrons. The number of alkyl halides is 11. The molecule has 1 aliphatic carbocycles. The van der Waals surface area contributed by atoms with E-state index in [0.29, 0.717) is 15.6 Å². The Morgan fingerprint density at radius 1 is 0.590 bits per heavy atom. The molecule has 4 aromatic heterocycles. The van der Waals surface area contributed by atoms with Crippen molar-refractivity contribution in [2.75, 3.05) is 6.61 Å². The van der Waals surface area contributed by atoms with Gasteiger partial charge in [-0.25, -0.2) is 54.3 Å². The summed E-state index contributed by atoms with van der Waals surface area (Å²) in [5.74, 6) is -5.45. The van der Waals surface area contributed by atoms with Crippen LogP contribution in [0.3, 0.4) is 0 Å². The van der Waals surface area contributed by atoms with Crippen LogP contribution < -0.4 is 4.74 Å². The Hall–Kier alpha value is -7.05. The number of ketones is 2. The van der Waals surface area contributed by atoms with Gasteiger partial charge in [0.25, 0.3) is 0 Å². The summed E-state index contributed by atoms with van der Waals surface area (Å²) in [4.78, 5) is 47.7. The number of sulfonamides is 2. The summed E-state index contributed by atoms with van der Waals surface area (Å²) in [7, 11) is -8.73. The summed E-state index contributed by atoms with van der Waals surface area (Å²) in [5.41, 5.74) is 1.97. The fraction of sp³-hybridized carbons (Fsp3) is 0.396. The molecule has 2 aliphatic heterocycles. The maximum absolute atomic E-state index is 14.7. The number of carbonyl (C=O) groups is 2. The molecule has 0 amide bonds. The number of rotatable bonds is 17. The molecule has 6 aromatic rings. The summed E-state index contributed by atoms with van der Waals surface area (Å²) in [5, 5.41) is 0. The summed E-state index contributed by atoms with van der Waals surface area (Å²) in [6, 6.07) is 7.44. The molecule has 0 bridgehead atoms. The maximum Gasteiger partial charge on any atom is 0.451 e. The molecule has 0 N–H and O–H groups in total. The molecule has 2 aromatic carbocycles. The number of aromatic nitrogens is 6. The first-order valence-electron chi connectivity index (χ1n) is 25.2. The molecule has 0 spiro atoms. The van der Waals surface area contributed by atoms with Crippen LogP contribution in [-0.2, 0) is 54.8 Å². The standard InChI is InChI=1S/C27H25F5N4O3S.C26H22F8N4O4S/c1-15-21(29)12-24(36(15)40(38,39)20-7-5-19(28)6-8-20)25(37)9-2-16-10-22(17-3-4-17)35-23(11-16)18-13-33-26(34-14-18)27(30,31)32;1-14-19(28)9-21(38(14)43(40,41)18-5-3-17(27)4-6-18)22(39)7-2-15-8-20(35-12-23(15)42-13-25(29,30)31)16-10-36-24(37-11-16)26(32,33)34/h5-8,10-11,13-15,17,21,24H,2-4,9,12H2,1H3;3-6,8,10-12,14,19,21H,2,7,9,13H2,1H3/t15-,21+,24-;14-,19+,21-/m00/s1. The second kappa shape index (κ2) is 24.3. The minimum atomic E-state index is -4.82. The van der Waals surface area contributed by atoms with Gasteiger partial charge in [-0.05, 0) is 117 Å². The SMILES string of the molecule is C[C@H]1[C@H](F)C[C@@H](C(=O)CCc2cc(-c3cnc(C(F)(F)F)nc3)nc(C3CC3)c2)N1S(=O)(=O)c1ccc(F)cc1.C[C@H]1[C@H](F)C[C@@H](C(=O)CCc2cc(-c3cnc(C(F)(F)F)nc3)ncc2OCC(F)(F)F)N1S(=O)(=O)c1ccc(F)cc1. The first-order chi connectivity index (χ1) is 38.8. The second-order valence-corrected chi connectivity index (χ2v) is 23.4. The Bertz CT molecular complexity index is 3540. The Balaban J connectivity index is 0.000000217.